The Hall–Kier alpha value is -2.36. The molecule has 0 aliphatic carbocycles. The van der Waals surface area contributed by atoms with Gasteiger partial charge in [-0.15, -0.1) is 0 Å². The van der Waals surface area contributed by atoms with E-state index in [0.29, 0.717) is 17.8 Å². The van der Waals surface area contributed by atoms with Gasteiger partial charge >= 0.3 is 0 Å². The summed E-state index contributed by atoms with van der Waals surface area (Å²) >= 11 is 0. The predicted octanol–water partition coefficient (Wildman–Crippen LogP) is 4.57. The van der Waals surface area contributed by atoms with Crippen molar-refractivity contribution in [3.05, 3.63) is 53.9 Å². The second-order valence-corrected chi connectivity index (χ2v) is 7.51. The Morgan fingerprint density at radius 1 is 1.23 bits per heavy atom. The van der Waals surface area contributed by atoms with Crippen molar-refractivity contribution >= 4 is 17.3 Å². The summed E-state index contributed by atoms with van der Waals surface area (Å²) in [4.78, 5) is 21.9. The average Bonchev–Trinajstić information content (AvgIpc) is 3.03. The third-order valence-corrected chi connectivity index (χ3v) is 5.81. The zero-order chi connectivity index (χ0) is 18.1. The minimum absolute atomic E-state index is 0.0820. The van der Waals surface area contributed by atoms with Crippen molar-refractivity contribution in [3.8, 4) is 0 Å². The molecule has 1 aromatic heterocycles. The van der Waals surface area contributed by atoms with Crippen LogP contribution in [0, 0.1) is 0 Å². The molecule has 2 atom stereocenters. The van der Waals surface area contributed by atoms with Crippen molar-refractivity contribution in [3.63, 3.8) is 0 Å². The maximum atomic E-state index is 13.1. The number of piperidine rings is 1. The standard InChI is InChI=1S/C22H27N3O/c1-3-18-9-6-7-13-24(18)22(26)20-15-19(11-12-23-20)25-16(2)14-17-8-4-5-10-21(17)25/h4-5,8,10-12,15-16,18H,3,6-7,9,13-14H2,1-2H3. The SMILES string of the molecule is CCC1CCCCN1C(=O)c1cc(N2c3ccccc3CC2C)ccn1. The number of para-hydroxylation sites is 1. The highest BCUT2D eigenvalue weighted by Gasteiger charge is 2.30. The Bertz CT molecular complexity index is 803. The first-order valence-corrected chi connectivity index (χ1v) is 9.83. The lowest BCUT2D eigenvalue weighted by Crippen LogP contribution is -2.43. The lowest BCUT2D eigenvalue weighted by molar-refractivity contribution is 0.0602. The van der Waals surface area contributed by atoms with E-state index in [2.05, 4.69) is 48.0 Å². The van der Waals surface area contributed by atoms with Gasteiger partial charge in [0.1, 0.15) is 5.69 Å². The lowest BCUT2D eigenvalue weighted by Gasteiger charge is -2.35. The van der Waals surface area contributed by atoms with Crippen molar-refractivity contribution < 1.29 is 4.79 Å². The minimum atomic E-state index is 0.0820. The molecule has 1 fully saturated rings. The van der Waals surface area contributed by atoms with E-state index in [1.54, 1.807) is 6.20 Å². The fourth-order valence-corrected chi connectivity index (χ4v) is 4.48. The number of amides is 1. The highest BCUT2D eigenvalue weighted by Crippen LogP contribution is 2.38. The average molecular weight is 349 g/mol. The zero-order valence-electron chi connectivity index (χ0n) is 15.7. The van der Waals surface area contributed by atoms with E-state index < -0.39 is 0 Å². The van der Waals surface area contributed by atoms with Crippen molar-refractivity contribution in [2.45, 2.75) is 58.0 Å². The number of nitrogens with zero attached hydrogens (tertiary/aromatic N) is 3. The summed E-state index contributed by atoms with van der Waals surface area (Å²) in [5.41, 5.74) is 4.24. The fraction of sp³-hybridized carbons (Fsp3) is 0.455. The number of hydrogen-bond donors (Lipinski definition) is 0. The van der Waals surface area contributed by atoms with Crippen LogP contribution in [0.3, 0.4) is 0 Å². The molecule has 136 valence electrons. The lowest BCUT2D eigenvalue weighted by atomic mass is 9.99. The van der Waals surface area contributed by atoms with Crippen LogP contribution in [-0.2, 0) is 6.42 Å². The van der Waals surface area contributed by atoms with Crippen LogP contribution >= 0.6 is 0 Å². The number of fused-ring (bicyclic) bond motifs is 1. The molecular formula is C22H27N3O. The molecule has 2 aromatic rings. The van der Waals surface area contributed by atoms with E-state index >= 15 is 0 Å². The molecule has 4 heteroatoms. The molecule has 1 aromatic carbocycles. The van der Waals surface area contributed by atoms with Crippen LogP contribution in [-0.4, -0.2) is 34.4 Å². The maximum Gasteiger partial charge on any atom is 0.272 e. The van der Waals surface area contributed by atoms with Gasteiger partial charge in [-0.05, 0) is 62.8 Å². The topological polar surface area (TPSA) is 36.4 Å². The first-order valence-electron chi connectivity index (χ1n) is 9.83. The van der Waals surface area contributed by atoms with E-state index in [0.717, 1.165) is 37.9 Å². The highest BCUT2D eigenvalue weighted by molar-refractivity contribution is 5.94. The first-order chi connectivity index (χ1) is 12.7. The van der Waals surface area contributed by atoms with Gasteiger partial charge < -0.3 is 9.80 Å². The summed E-state index contributed by atoms with van der Waals surface area (Å²) in [5, 5.41) is 0. The molecule has 0 radical (unpaired) electrons. The monoisotopic (exact) mass is 349 g/mol. The number of carbonyl (C=O) groups excluding carboxylic acids is 1. The van der Waals surface area contributed by atoms with Gasteiger partial charge in [-0.25, -0.2) is 0 Å². The zero-order valence-corrected chi connectivity index (χ0v) is 15.7. The van der Waals surface area contributed by atoms with Crippen LogP contribution in [0.4, 0.5) is 11.4 Å². The first kappa shape index (κ1) is 17.1. The van der Waals surface area contributed by atoms with Gasteiger partial charge in [0.2, 0.25) is 0 Å². The molecule has 0 bridgehead atoms. The molecule has 0 N–H and O–H groups in total. The number of pyridine rings is 1. The van der Waals surface area contributed by atoms with E-state index in [-0.39, 0.29) is 5.91 Å². The smallest absolute Gasteiger partial charge is 0.272 e. The molecule has 3 heterocycles. The molecule has 1 saturated heterocycles. The summed E-state index contributed by atoms with van der Waals surface area (Å²) < 4.78 is 0. The maximum absolute atomic E-state index is 13.1. The molecule has 4 rings (SSSR count). The van der Waals surface area contributed by atoms with E-state index in [9.17, 15) is 4.79 Å². The number of rotatable bonds is 3. The van der Waals surface area contributed by atoms with Crippen LogP contribution < -0.4 is 4.90 Å². The number of carbonyl (C=O) groups is 1. The fourth-order valence-electron chi connectivity index (χ4n) is 4.48. The highest BCUT2D eigenvalue weighted by atomic mass is 16.2. The Labute approximate surface area is 155 Å². The number of anilines is 2. The van der Waals surface area contributed by atoms with Crippen LogP contribution in [0.15, 0.2) is 42.6 Å². The molecule has 0 spiro atoms. The molecule has 26 heavy (non-hydrogen) atoms. The minimum Gasteiger partial charge on any atom is -0.338 e. The number of likely N-dealkylation sites (tertiary alicyclic amines) is 1. The van der Waals surface area contributed by atoms with Gasteiger partial charge in [-0.2, -0.15) is 0 Å². The van der Waals surface area contributed by atoms with Crippen molar-refractivity contribution in [1.29, 1.82) is 0 Å². The molecule has 2 aliphatic rings. The second kappa shape index (κ2) is 7.10. The van der Waals surface area contributed by atoms with Crippen molar-refractivity contribution in [1.82, 2.24) is 9.88 Å². The van der Waals surface area contributed by atoms with Gasteiger partial charge in [-0.1, -0.05) is 25.1 Å². The van der Waals surface area contributed by atoms with Gasteiger partial charge in [-0.3, -0.25) is 9.78 Å². The Morgan fingerprint density at radius 2 is 2.08 bits per heavy atom. The van der Waals surface area contributed by atoms with Crippen LogP contribution in [0.2, 0.25) is 0 Å². The second-order valence-electron chi connectivity index (χ2n) is 7.51. The van der Waals surface area contributed by atoms with Crippen molar-refractivity contribution in [2.24, 2.45) is 0 Å². The Balaban J connectivity index is 1.64. The third-order valence-electron chi connectivity index (χ3n) is 5.81. The molecule has 0 saturated carbocycles. The van der Waals surface area contributed by atoms with Crippen molar-refractivity contribution in [2.75, 3.05) is 11.4 Å². The van der Waals surface area contributed by atoms with Crippen LogP contribution in [0.25, 0.3) is 0 Å². The molecule has 2 aliphatic heterocycles. The third kappa shape index (κ3) is 2.98. The van der Waals surface area contributed by atoms with E-state index in [1.165, 1.54) is 17.7 Å². The summed E-state index contributed by atoms with van der Waals surface area (Å²) in [6.45, 7) is 5.26. The summed E-state index contributed by atoms with van der Waals surface area (Å²) in [5.74, 6) is 0.0820. The van der Waals surface area contributed by atoms with Gasteiger partial charge in [0.15, 0.2) is 0 Å². The normalized spacial score (nSPS) is 22.4. The summed E-state index contributed by atoms with van der Waals surface area (Å²) in [7, 11) is 0. The molecule has 2 unspecified atom stereocenters. The Kier molecular flexibility index (Phi) is 4.66. The number of benzene rings is 1. The van der Waals surface area contributed by atoms with Crippen LogP contribution in [0.5, 0.6) is 0 Å². The van der Waals surface area contributed by atoms with E-state index in [4.69, 9.17) is 0 Å². The Morgan fingerprint density at radius 3 is 2.92 bits per heavy atom. The van der Waals surface area contributed by atoms with Gasteiger partial charge in [0.05, 0.1) is 0 Å². The van der Waals surface area contributed by atoms with E-state index in [1.807, 2.05) is 17.0 Å². The van der Waals surface area contributed by atoms with Crippen LogP contribution in [0.1, 0.15) is 55.6 Å². The number of aromatic nitrogens is 1. The molecular weight excluding hydrogens is 322 g/mol. The largest absolute Gasteiger partial charge is 0.338 e. The summed E-state index contributed by atoms with van der Waals surface area (Å²) in [6.07, 6.45) is 7.25. The predicted molar refractivity (Wildman–Crippen MR) is 105 cm³/mol. The summed E-state index contributed by atoms with van der Waals surface area (Å²) in [6, 6.07) is 13.3. The van der Waals surface area contributed by atoms with Gasteiger partial charge in [0.25, 0.3) is 5.91 Å². The molecule has 1 amide bonds. The quantitative estimate of drug-likeness (QED) is 0.814. The number of hydrogen-bond acceptors (Lipinski definition) is 3. The van der Waals surface area contributed by atoms with Gasteiger partial charge in [0, 0.05) is 36.2 Å². The molecule has 4 nitrogen and oxygen atoms in total.